The Labute approximate surface area is 94.3 Å². The summed E-state index contributed by atoms with van der Waals surface area (Å²) in [5, 5.41) is -1.22. The summed E-state index contributed by atoms with van der Waals surface area (Å²) in [6.45, 7) is 4.62. The van der Waals surface area contributed by atoms with E-state index in [0.29, 0.717) is 0 Å². The summed E-state index contributed by atoms with van der Waals surface area (Å²) in [4.78, 5) is 11.4. The van der Waals surface area contributed by atoms with E-state index in [9.17, 15) is 13.2 Å². The maximum Gasteiger partial charge on any atom is 0.324 e. The van der Waals surface area contributed by atoms with Gasteiger partial charge in [-0.25, -0.2) is 8.42 Å². The maximum atomic E-state index is 12.0. The van der Waals surface area contributed by atoms with Gasteiger partial charge in [0.25, 0.3) is 0 Å². The smallest absolute Gasteiger partial charge is 0.324 e. The molecule has 0 aliphatic rings. The summed E-state index contributed by atoms with van der Waals surface area (Å²) in [6.07, 6.45) is 1.28. The third kappa shape index (κ3) is 2.27. The number of hydrogen-bond acceptors (Lipinski definition) is 5. The van der Waals surface area contributed by atoms with Crippen LogP contribution in [0.2, 0.25) is 0 Å². The van der Waals surface area contributed by atoms with E-state index < -0.39 is 21.1 Å². The molecule has 0 radical (unpaired) electrons. The molecule has 5 nitrogen and oxygen atoms in total. The average Bonchev–Trinajstić information content (AvgIpc) is 2.64. The van der Waals surface area contributed by atoms with Crippen molar-refractivity contribution in [2.45, 2.75) is 30.9 Å². The van der Waals surface area contributed by atoms with E-state index in [4.69, 9.17) is 4.42 Å². The molecule has 0 saturated heterocycles. The molecule has 1 aromatic heterocycles. The predicted octanol–water partition coefficient (Wildman–Crippen LogP) is 1.31. The minimum Gasteiger partial charge on any atom is -0.468 e. The van der Waals surface area contributed by atoms with E-state index in [1.54, 1.807) is 6.92 Å². The highest BCUT2D eigenvalue weighted by Crippen LogP contribution is 2.21. The lowest BCUT2D eigenvalue weighted by Crippen LogP contribution is -2.29. The van der Waals surface area contributed by atoms with Crippen LogP contribution in [0.1, 0.15) is 19.6 Å². The summed E-state index contributed by atoms with van der Waals surface area (Å²) >= 11 is 0. The first kappa shape index (κ1) is 12.8. The molecule has 90 valence electrons. The Morgan fingerprint density at radius 2 is 2.19 bits per heavy atom. The number of carbonyl (C=O) groups excluding carboxylic acids is 1. The number of ether oxygens (including phenoxy) is 1. The second-order valence-electron chi connectivity index (χ2n) is 3.28. The zero-order valence-corrected chi connectivity index (χ0v) is 10.2. The molecule has 0 fully saturated rings. The topological polar surface area (TPSA) is 73.6 Å². The Bertz CT molecular complexity index is 471. The SMILES string of the molecule is CCOC(=O)C(C)S(=O)(=O)c1ccoc1C. The number of hydrogen-bond donors (Lipinski definition) is 0. The average molecular weight is 246 g/mol. The van der Waals surface area contributed by atoms with Gasteiger partial charge in [0.15, 0.2) is 15.1 Å². The molecule has 6 heteroatoms. The van der Waals surface area contributed by atoms with Crippen LogP contribution < -0.4 is 0 Å². The molecule has 0 aliphatic heterocycles. The molecule has 0 aromatic carbocycles. The molecule has 16 heavy (non-hydrogen) atoms. The summed E-state index contributed by atoms with van der Waals surface area (Å²) in [5.74, 6) is -0.473. The van der Waals surface area contributed by atoms with Crippen molar-refractivity contribution in [3.63, 3.8) is 0 Å². The molecular weight excluding hydrogens is 232 g/mol. The largest absolute Gasteiger partial charge is 0.468 e. The number of aryl methyl sites for hydroxylation is 1. The summed E-state index contributed by atoms with van der Waals surface area (Å²) in [5.41, 5.74) is 0. The molecule has 1 rings (SSSR count). The zero-order valence-electron chi connectivity index (χ0n) is 9.39. The number of esters is 1. The van der Waals surface area contributed by atoms with Gasteiger partial charge >= 0.3 is 5.97 Å². The van der Waals surface area contributed by atoms with Crippen molar-refractivity contribution in [1.82, 2.24) is 0 Å². The van der Waals surface area contributed by atoms with Crippen molar-refractivity contribution in [3.8, 4) is 0 Å². The van der Waals surface area contributed by atoms with Crippen molar-refractivity contribution in [2.75, 3.05) is 6.61 Å². The van der Waals surface area contributed by atoms with Crippen LogP contribution in [-0.2, 0) is 19.4 Å². The molecule has 1 unspecified atom stereocenters. The molecule has 0 amide bonds. The Balaban J connectivity index is 3.04. The quantitative estimate of drug-likeness (QED) is 0.749. The fourth-order valence-corrected chi connectivity index (χ4v) is 2.64. The van der Waals surface area contributed by atoms with Gasteiger partial charge in [0.2, 0.25) is 0 Å². The van der Waals surface area contributed by atoms with Gasteiger partial charge < -0.3 is 9.15 Å². The third-order valence-electron chi connectivity index (χ3n) is 2.20. The van der Waals surface area contributed by atoms with Gasteiger partial charge in [0.05, 0.1) is 12.9 Å². The normalized spacial score (nSPS) is 13.4. The second-order valence-corrected chi connectivity index (χ2v) is 5.52. The minimum atomic E-state index is -3.72. The first-order chi connectivity index (χ1) is 7.41. The number of sulfone groups is 1. The van der Waals surface area contributed by atoms with Crippen molar-refractivity contribution < 1.29 is 22.4 Å². The Kier molecular flexibility index (Phi) is 3.74. The lowest BCUT2D eigenvalue weighted by atomic mass is 10.5. The van der Waals surface area contributed by atoms with Crippen molar-refractivity contribution in [1.29, 1.82) is 0 Å². The fraction of sp³-hybridized carbons (Fsp3) is 0.500. The van der Waals surface area contributed by atoms with E-state index in [1.165, 1.54) is 26.2 Å². The first-order valence-electron chi connectivity index (χ1n) is 4.86. The Morgan fingerprint density at radius 1 is 1.56 bits per heavy atom. The van der Waals surface area contributed by atoms with Crippen LogP contribution in [0.3, 0.4) is 0 Å². The first-order valence-corrected chi connectivity index (χ1v) is 6.40. The number of rotatable bonds is 4. The lowest BCUT2D eigenvalue weighted by Gasteiger charge is -2.10. The van der Waals surface area contributed by atoms with E-state index in [0.717, 1.165) is 0 Å². The van der Waals surface area contributed by atoms with Gasteiger partial charge in [-0.05, 0) is 26.8 Å². The Hall–Kier alpha value is -1.30. The van der Waals surface area contributed by atoms with Crippen LogP contribution in [0.15, 0.2) is 21.6 Å². The minimum absolute atomic E-state index is 0.0352. The van der Waals surface area contributed by atoms with E-state index in [2.05, 4.69) is 4.74 Å². The lowest BCUT2D eigenvalue weighted by molar-refractivity contribution is -0.142. The molecule has 1 aromatic rings. The van der Waals surface area contributed by atoms with Crippen LogP contribution >= 0.6 is 0 Å². The molecule has 1 atom stereocenters. The fourth-order valence-electron chi connectivity index (χ4n) is 1.25. The molecule has 0 bridgehead atoms. The molecule has 0 spiro atoms. The molecule has 0 aliphatic carbocycles. The third-order valence-corrected chi connectivity index (χ3v) is 4.36. The summed E-state index contributed by atoms with van der Waals surface area (Å²) in [6, 6.07) is 1.33. The maximum absolute atomic E-state index is 12.0. The predicted molar refractivity (Wildman–Crippen MR) is 56.7 cm³/mol. The standard InChI is InChI=1S/C10H14O5S/c1-4-14-10(11)8(3)16(12,13)9-5-6-15-7(9)2/h5-6,8H,4H2,1-3H3. The summed E-state index contributed by atoms with van der Waals surface area (Å²) in [7, 11) is -3.72. The molecular formula is C10H14O5S. The van der Waals surface area contributed by atoms with Crippen molar-refractivity contribution in [3.05, 3.63) is 18.1 Å². The van der Waals surface area contributed by atoms with Gasteiger partial charge in [-0.15, -0.1) is 0 Å². The zero-order chi connectivity index (χ0) is 12.3. The van der Waals surface area contributed by atoms with Crippen molar-refractivity contribution in [2.24, 2.45) is 0 Å². The van der Waals surface area contributed by atoms with Crippen LogP contribution in [0, 0.1) is 6.92 Å². The molecule has 0 N–H and O–H groups in total. The van der Waals surface area contributed by atoms with Crippen LogP contribution in [0.4, 0.5) is 0 Å². The molecule has 1 heterocycles. The highest BCUT2D eigenvalue weighted by Gasteiger charge is 2.33. The van der Waals surface area contributed by atoms with Gasteiger partial charge in [0.1, 0.15) is 10.7 Å². The number of furan rings is 1. The second kappa shape index (κ2) is 4.69. The van der Waals surface area contributed by atoms with E-state index in [1.807, 2.05) is 0 Å². The number of carbonyl (C=O) groups is 1. The van der Waals surface area contributed by atoms with E-state index in [-0.39, 0.29) is 17.3 Å². The summed E-state index contributed by atoms with van der Waals surface area (Å²) < 4.78 is 33.5. The monoisotopic (exact) mass is 246 g/mol. The Morgan fingerprint density at radius 3 is 2.62 bits per heavy atom. The van der Waals surface area contributed by atoms with Gasteiger partial charge in [-0.2, -0.15) is 0 Å². The van der Waals surface area contributed by atoms with E-state index >= 15 is 0 Å². The van der Waals surface area contributed by atoms with Gasteiger partial charge in [-0.3, -0.25) is 4.79 Å². The van der Waals surface area contributed by atoms with Gasteiger partial charge in [0, 0.05) is 0 Å². The van der Waals surface area contributed by atoms with Crippen LogP contribution in [0.25, 0.3) is 0 Å². The van der Waals surface area contributed by atoms with Crippen LogP contribution in [-0.4, -0.2) is 26.2 Å². The highest BCUT2D eigenvalue weighted by molar-refractivity contribution is 7.92. The highest BCUT2D eigenvalue weighted by atomic mass is 32.2. The van der Waals surface area contributed by atoms with Crippen LogP contribution in [0.5, 0.6) is 0 Å². The van der Waals surface area contributed by atoms with Crippen molar-refractivity contribution >= 4 is 15.8 Å². The molecule has 0 saturated carbocycles. The van der Waals surface area contributed by atoms with Gasteiger partial charge in [-0.1, -0.05) is 0 Å².